The zero-order chi connectivity index (χ0) is 15.1. The summed E-state index contributed by atoms with van der Waals surface area (Å²) in [6, 6.07) is 4.98. The summed E-state index contributed by atoms with van der Waals surface area (Å²) in [5.41, 5.74) is 3.22. The lowest BCUT2D eigenvalue weighted by Crippen LogP contribution is -2.43. The molecule has 22 heavy (non-hydrogen) atoms. The maximum Gasteiger partial charge on any atom is 0.249 e. The fraction of sp³-hybridized carbons (Fsp3) is 0.471. The van der Waals surface area contributed by atoms with Gasteiger partial charge in [-0.3, -0.25) is 4.79 Å². The van der Waals surface area contributed by atoms with Gasteiger partial charge in [-0.15, -0.1) is 0 Å². The Labute approximate surface area is 128 Å². The molecular weight excluding hydrogens is 283 g/mol. The van der Waals surface area contributed by atoms with E-state index < -0.39 is 0 Å². The van der Waals surface area contributed by atoms with Crippen molar-refractivity contribution in [1.82, 2.24) is 10.3 Å². The van der Waals surface area contributed by atoms with Gasteiger partial charge in [0.25, 0.3) is 0 Å². The quantitative estimate of drug-likeness (QED) is 0.895. The van der Waals surface area contributed by atoms with Gasteiger partial charge in [-0.25, -0.2) is 4.39 Å². The van der Waals surface area contributed by atoms with Gasteiger partial charge in [0.05, 0.1) is 0 Å². The first-order valence-corrected chi connectivity index (χ1v) is 7.91. The average molecular weight is 302 g/mol. The number of nitrogens with one attached hydrogen (secondary N) is 2. The highest BCUT2D eigenvalue weighted by molar-refractivity contribution is 5.85. The van der Waals surface area contributed by atoms with E-state index in [1.807, 2.05) is 6.07 Å². The average Bonchev–Trinajstić information content (AvgIpc) is 3.13. The molecule has 2 aliphatic rings. The molecule has 0 bridgehead atoms. The second-order valence-corrected chi connectivity index (χ2v) is 6.22. The standard InChI is InChI=1S/C17H19FN2O2/c18-10-3-5-12-13-9-11(4-6-14(13)20-15(12)8-10)19-17(21)16-2-1-7-22-16/h3,5,8,11,16,20H,1-2,4,6-7,9H2,(H,19,21). The number of aryl methyl sites for hydroxylation is 1. The van der Waals surface area contributed by atoms with E-state index in [0.29, 0.717) is 6.61 Å². The van der Waals surface area contributed by atoms with Crippen LogP contribution in [-0.4, -0.2) is 29.6 Å². The van der Waals surface area contributed by atoms with Crippen LogP contribution in [0.2, 0.25) is 0 Å². The first-order chi connectivity index (χ1) is 10.7. The number of aromatic amines is 1. The van der Waals surface area contributed by atoms with E-state index in [4.69, 9.17) is 4.74 Å². The van der Waals surface area contributed by atoms with Crippen LogP contribution in [0.25, 0.3) is 10.9 Å². The smallest absolute Gasteiger partial charge is 0.249 e. The first-order valence-electron chi connectivity index (χ1n) is 7.91. The molecule has 1 saturated heterocycles. The Kier molecular flexibility index (Phi) is 3.37. The Bertz CT molecular complexity index is 719. The van der Waals surface area contributed by atoms with Crippen molar-refractivity contribution in [2.24, 2.45) is 0 Å². The summed E-state index contributed by atoms with van der Waals surface area (Å²) in [5, 5.41) is 4.18. The third kappa shape index (κ3) is 2.39. The fourth-order valence-electron chi connectivity index (χ4n) is 3.60. The summed E-state index contributed by atoms with van der Waals surface area (Å²) in [4.78, 5) is 15.5. The molecule has 1 aromatic heterocycles. The molecule has 5 heteroatoms. The number of aromatic nitrogens is 1. The van der Waals surface area contributed by atoms with Crippen molar-refractivity contribution in [3.63, 3.8) is 0 Å². The van der Waals surface area contributed by atoms with Crippen LogP contribution in [0, 0.1) is 5.82 Å². The highest BCUT2D eigenvalue weighted by Crippen LogP contribution is 2.29. The largest absolute Gasteiger partial charge is 0.368 e. The molecule has 4 nitrogen and oxygen atoms in total. The third-order valence-corrected chi connectivity index (χ3v) is 4.72. The van der Waals surface area contributed by atoms with Crippen molar-refractivity contribution in [2.75, 3.05) is 6.61 Å². The number of ether oxygens (including phenoxy) is 1. The Morgan fingerprint density at radius 3 is 3.09 bits per heavy atom. The van der Waals surface area contributed by atoms with Crippen molar-refractivity contribution in [2.45, 2.75) is 44.2 Å². The van der Waals surface area contributed by atoms with E-state index >= 15 is 0 Å². The molecule has 1 aromatic carbocycles. The molecule has 0 spiro atoms. The van der Waals surface area contributed by atoms with Crippen LogP contribution < -0.4 is 5.32 Å². The van der Waals surface area contributed by atoms with E-state index in [1.165, 1.54) is 23.4 Å². The van der Waals surface area contributed by atoms with Gasteiger partial charge in [-0.2, -0.15) is 0 Å². The molecular formula is C17H19FN2O2. The SMILES string of the molecule is O=C(NC1CCc2[nH]c3cc(F)ccc3c2C1)C1CCCO1. The summed E-state index contributed by atoms with van der Waals surface area (Å²) in [5.74, 6) is -0.217. The second kappa shape index (κ2) is 5.39. The summed E-state index contributed by atoms with van der Waals surface area (Å²) in [6.07, 6.45) is 4.07. The van der Waals surface area contributed by atoms with Crippen molar-refractivity contribution in [1.29, 1.82) is 0 Å². The molecule has 116 valence electrons. The lowest BCUT2D eigenvalue weighted by molar-refractivity contribution is -0.130. The lowest BCUT2D eigenvalue weighted by atomic mass is 9.91. The van der Waals surface area contributed by atoms with E-state index in [9.17, 15) is 9.18 Å². The highest BCUT2D eigenvalue weighted by Gasteiger charge is 2.28. The van der Waals surface area contributed by atoms with Gasteiger partial charge < -0.3 is 15.0 Å². The second-order valence-electron chi connectivity index (χ2n) is 6.22. The zero-order valence-electron chi connectivity index (χ0n) is 12.3. The maximum absolute atomic E-state index is 13.3. The van der Waals surface area contributed by atoms with Crippen LogP contribution in [0.3, 0.4) is 0 Å². The molecule has 0 saturated carbocycles. The number of rotatable bonds is 2. The van der Waals surface area contributed by atoms with Crippen LogP contribution in [0.5, 0.6) is 0 Å². The first kappa shape index (κ1) is 13.8. The number of hydrogen-bond acceptors (Lipinski definition) is 2. The minimum Gasteiger partial charge on any atom is -0.368 e. The van der Waals surface area contributed by atoms with Gasteiger partial charge in [0.1, 0.15) is 11.9 Å². The minimum absolute atomic E-state index is 0.0110. The number of amides is 1. The van der Waals surface area contributed by atoms with Crippen molar-refractivity contribution in [3.8, 4) is 0 Å². The van der Waals surface area contributed by atoms with E-state index in [2.05, 4.69) is 10.3 Å². The van der Waals surface area contributed by atoms with Crippen molar-refractivity contribution >= 4 is 16.8 Å². The Balaban J connectivity index is 1.53. The molecule has 1 amide bonds. The van der Waals surface area contributed by atoms with Crippen LogP contribution >= 0.6 is 0 Å². The predicted octanol–water partition coefficient (Wildman–Crippen LogP) is 2.46. The van der Waals surface area contributed by atoms with Crippen LogP contribution in [0.1, 0.15) is 30.5 Å². The predicted molar refractivity (Wildman–Crippen MR) is 81.2 cm³/mol. The Morgan fingerprint density at radius 2 is 2.27 bits per heavy atom. The Hall–Kier alpha value is -1.88. The van der Waals surface area contributed by atoms with Crippen LogP contribution in [0.4, 0.5) is 4.39 Å². The third-order valence-electron chi connectivity index (χ3n) is 4.72. The molecule has 2 heterocycles. The molecule has 0 radical (unpaired) electrons. The van der Waals surface area contributed by atoms with E-state index in [-0.39, 0.29) is 23.9 Å². The van der Waals surface area contributed by atoms with Crippen molar-refractivity contribution < 1.29 is 13.9 Å². The van der Waals surface area contributed by atoms with Gasteiger partial charge in [0.15, 0.2) is 0 Å². The molecule has 2 aromatic rings. The molecule has 2 unspecified atom stereocenters. The highest BCUT2D eigenvalue weighted by atomic mass is 19.1. The summed E-state index contributed by atoms with van der Waals surface area (Å²) >= 11 is 0. The number of halogens is 1. The molecule has 1 aliphatic heterocycles. The zero-order valence-corrected chi connectivity index (χ0v) is 12.3. The number of carbonyl (C=O) groups excluding carboxylic acids is 1. The van der Waals surface area contributed by atoms with Gasteiger partial charge in [-0.05, 0) is 55.9 Å². The number of fused-ring (bicyclic) bond motifs is 3. The summed E-state index contributed by atoms with van der Waals surface area (Å²) in [6.45, 7) is 0.681. The Morgan fingerprint density at radius 1 is 1.36 bits per heavy atom. The molecule has 1 aliphatic carbocycles. The topological polar surface area (TPSA) is 54.1 Å². The lowest BCUT2D eigenvalue weighted by Gasteiger charge is -2.24. The van der Waals surface area contributed by atoms with Gasteiger partial charge in [0.2, 0.25) is 5.91 Å². The molecule has 2 atom stereocenters. The van der Waals surface area contributed by atoms with Gasteiger partial charge >= 0.3 is 0 Å². The number of benzene rings is 1. The normalized spacial score (nSPS) is 24.4. The summed E-state index contributed by atoms with van der Waals surface area (Å²) < 4.78 is 18.8. The number of H-pyrrole nitrogens is 1. The monoisotopic (exact) mass is 302 g/mol. The van der Waals surface area contributed by atoms with Gasteiger partial charge in [0, 0.05) is 29.2 Å². The van der Waals surface area contributed by atoms with Gasteiger partial charge in [-0.1, -0.05) is 0 Å². The molecule has 1 fully saturated rings. The van der Waals surface area contributed by atoms with Crippen molar-refractivity contribution in [3.05, 3.63) is 35.3 Å². The van der Waals surface area contributed by atoms with E-state index in [0.717, 1.165) is 43.0 Å². The van der Waals surface area contributed by atoms with Crippen LogP contribution in [0.15, 0.2) is 18.2 Å². The number of hydrogen-bond donors (Lipinski definition) is 2. The fourth-order valence-corrected chi connectivity index (χ4v) is 3.60. The van der Waals surface area contributed by atoms with E-state index in [1.54, 1.807) is 0 Å². The summed E-state index contributed by atoms with van der Waals surface area (Å²) in [7, 11) is 0. The van der Waals surface area contributed by atoms with Crippen LogP contribution in [-0.2, 0) is 22.4 Å². The molecule has 2 N–H and O–H groups in total. The minimum atomic E-state index is -0.279. The number of carbonyl (C=O) groups is 1. The molecule has 4 rings (SSSR count). The maximum atomic E-state index is 13.3.